The van der Waals surface area contributed by atoms with Gasteiger partial charge in [-0.25, -0.2) is 4.98 Å². The predicted molar refractivity (Wildman–Crippen MR) is 61.4 cm³/mol. The fraction of sp³-hybridized carbons (Fsp3) is 0.0909. The standard InChI is InChI=1S/C11H9N3S/c1-7-5-8(6-12)11(13)14-10(7)9-3-2-4-15-9/h2-5H,1H3,(H2,13,14). The van der Waals surface area contributed by atoms with E-state index in [1.54, 1.807) is 17.4 Å². The molecule has 0 aliphatic heterocycles. The molecule has 0 spiro atoms. The molecule has 2 heterocycles. The first-order valence-electron chi connectivity index (χ1n) is 4.43. The Hall–Kier alpha value is -1.86. The van der Waals surface area contributed by atoms with Crippen LogP contribution in [-0.4, -0.2) is 4.98 Å². The molecule has 74 valence electrons. The van der Waals surface area contributed by atoms with Crippen LogP contribution < -0.4 is 5.73 Å². The van der Waals surface area contributed by atoms with E-state index in [4.69, 9.17) is 11.0 Å². The lowest BCUT2D eigenvalue weighted by Crippen LogP contribution is -1.98. The van der Waals surface area contributed by atoms with E-state index in [-0.39, 0.29) is 0 Å². The minimum atomic E-state index is 0.298. The highest BCUT2D eigenvalue weighted by atomic mass is 32.1. The van der Waals surface area contributed by atoms with E-state index in [9.17, 15) is 0 Å². The van der Waals surface area contributed by atoms with E-state index in [1.807, 2.05) is 30.5 Å². The Balaban J connectivity index is 2.61. The Morgan fingerprint density at radius 1 is 1.53 bits per heavy atom. The SMILES string of the molecule is Cc1cc(C#N)c(N)nc1-c1cccs1. The van der Waals surface area contributed by atoms with Crippen LogP contribution >= 0.6 is 11.3 Å². The number of hydrogen-bond acceptors (Lipinski definition) is 4. The number of thiophene rings is 1. The number of anilines is 1. The number of nitrogen functional groups attached to an aromatic ring is 1. The van der Waals surface area contributed by atoms with Crippen LogP contribution in [0.4, 0.5) is 5.82 Å². The van der Waals surface area contributed by atoms with Crippen molar-refractivity contribution in [2.24, 2.45) is 0 Å². The summed E-state index contributed by atoms with van der Waals surface area (Å²) < 4.78 is 0. The minimum Gasteiger partial charge on any atom is -0.383 e. The Morgan fingerprint density at radius 2 is 2.33 bits per heavy atom. The second-order valence-corrected chi connectivity index (χ2v) is 4.12. The Kier molecular flexibility index (Phi) is 2.40. The summed E-state index contributed by atoms with van der Waals surface area (Å²) in [6, 6.07) is 7.76. The van der Waals surface area contributed by atoms with Gasteiger partial charge in [0, 0.05) is 0 Å². The summed E-state index contributed by atoms with van der Waals surface area (Å²) in [6.07, 6.45) is 0. The number of aryl methyl sites for hydroxylation is 1. The number of hydrogen-bond donors (Lipinski definition) is 1. The monoisotopic (exact) mass is 215 g/mol. The summed E-state index contributed by atoms with van der Waals surface area (Å²) >= 11 is 1.61. The predicted octanol–water partition coefficient (Wildman–Crippen LogP) is 2.57. The molecule has 0 bridgehead atoms. The molecule has 0 aromatic carbocycles. The number of nitrogens with two attached hydrogens (primary N) is 1. The highest BCUT2D eigenvalue weighted by Crippen LogP contribution is 2.27. The van der Waals surface area contributed by atoms with Crippen LogP contribution in [-0.2, 0) is 0 Å². The van der Waals surface area contributed by atoms with E-state index in [0.717, 1.165) is 16.1 Å². The number of pyridine rings is 1. The molecule has 2 aromatic rings. The number of nitriles is 1. The molecule has 3 nitrogen and oxygen atoms in total. The third-order valence-electron chi connectivity index (χ3n) is 2.12. The van der Waals surface area contributed by atoms with Crippen molar-refractivity contribution in [3.05, 3.63) is 34.7 Å². The van der Waals surface area contributed by atoms with Crippen LogP contribution in [0.5, 0.6) is 0 Å². The molecule has 0 fully saturated rings. The van der Waals surface area contributed by atoms with Gasteiger partial charge in [-0.3, -0.25) is 0 Å². The molecule has 0 radical (unpaired) electrons. The van der Waals surface area contributed by atoms with E-state index in [0.29, 0.717) is 11.4 Å². The van der Waals surface area contributed by atoms with Crippen LogP contribution in [0.15, 0.2) is 23.6 Å². The topological polar surface area (TPSA) is 62.7 Å². The molecule has 0 saturated heterocycles. The van der Waals surface area contributed by atoms with Gasteiger partial charge in [-0.1, -0.05) is 6.07 Å². The zero-order valence-electron chi connectivity index (χ0n) is 8.19. The van der Waals surface area contributed by atoms with Gasteiger partial charge in [-0.05, 0) is 30.0 Å². The van der Waals surface area contributed by atoms with E-state index in [1.165, 1.54) is 0 Å². The molecule has 0 amide bonds. The fourth-order valence-electron chi connectivity index (χ4n) is 1.38. The zero-order valence-corrected chi connectivity index (χ0v) is 9.01. The first-order valence-corrected chi connectivity index (χ1v) is 5.31. The Morgan fingerprint density at radius 3 is 2.93 bits per heavy atom. The van der Waals surface area contributed by atoms with Crippen LogP contribution in [0.2, 0.25) is 0 Å². The average Bonchev–Trinajstić information content (AvgIpc) is 2.74. The number of nitrogens with zero attached hydrogens (tertiary/aromatic N) is 2. The van der Waals surface area contributed by atoms with Crippen LogP contribution in [0.1, 0.15) is 11.1 Å². The molecular weight excluding hydrogens is 206 g/mol. The summed E-state index contributed by atoms with van der Waals surface area (Å²) in [5, 5.41) is 10.8. The second-order valence-electron chi connectivity index (χ2n) is 3.18. The molecule has 15 heavy (non-hydrogen) atoms. The van der Waals surface area contributed by atoms with Gasteiger partial charge < -0.3 is 5.73 Å². The largest absolute Gasteiger partial charge is 0.383 e. The van der Waals surface area contributed by atoms with Crippen molar-refractivity contribution in [1.29, 1.82) is 5.26 Å². The van der Waals surface area contributed by atoms with Crippen molar-refractivity contribution >= 4 is 17.2 Å². The van der Waals surface area contributed by atoms with Crippen molar-refractivity contribution in [3.63, 3.8) is 0 Å². The lowest BCUT2D eigenvalue weighted by atomic mass is 10.1. The van der Waals surface area contributed by atoms with Gasteiger partial charge in [0.05, 0.1) is 16.1 Å². The molecule has 0 aliphatic rings. The van der Waals surface area contributed by atoms with E-state index >= 15 is 0 Å². The lowest BCUT2D eigenvalue weighted by molar-refractivity contribution is 1.27. The molecule has 0 saturated carbocycles. The second kappa shape index (κ2) is 3.71. The minimum absolute atomic E-state index is 0.298. The van der Waals surface area contributed by atoms with Crippen molar-refractivity contribution in [2.75, 3.05) is 5.73 Å². The highest BCUT2D eigenvalue weighted by Gasteiger charge is 2.08. The van der Waals surface area contributed by atoms with Gasteiger partial charge in [0.15, 0.2) is 0 Å². The summed E-state index contributed by atoms with van der Waals surface area (Å²) in [6.45, 7) is 1.93. The Labute approximate surface area is 91.8 Å². The van der Waals surface area contributed by atoms with Crippen molar-refractivity contribution in [1.82, 2.24) is 4.98 Å². The summed E-state index contributed by atoms with van der Waals surface area (Å²) in [4.78, 5) is 5.32. The first-order chi connectivity index (χ1) is 7.22. The normalized spacial score (nSPS) is 9.87. The van der Waals surface area contributed by atoms with Crippen LogP contribution in [0.25, 0.3) is 10.6 Å². The highest BCUT2D eigenvalue weighted by molar-refractivity contribution is 7.13. The smallest absolute Gasteiger partial charge is 0.142 e. The van der Waals surface area contributed by atoms with Gasteiger partial charge in [-0.2, -0.15) is 5.26 Å². The van der Waals surface area contributed by atoms with Crippen LogP contribution in [0.3, 0.4) is 0 Å². The molecular formula is C11H9N3S. The van der Waals surface area contributed by atoms with Gasteiger partial charge >= 0.3 is 0 Å². The maximum Gasteiger partial charge on any atom is 0.142 e. The van der Waals surface area contributed by atoms with E-state index < -0.39 is 0 Å². The Bertz CT molecular complexity index is 524. The fourth-order valence-corrected chi connectivity index (χ4v) is 2.16. The van der Waals surface area contributed by atoms with Crippen molar-refractivity contribution < 1.29 is 0 Å². The molecule has 2 aromatic heterocycles. The molecule has 2 rings (SSSR count). The number of aromatic nitrogens is 1. The average molecular weight is 215 g/mol. The van der Waals surface area contributed by atoms with Gasteiger partial charge in [0.2, 0.25) is 0 Å². The summed E-state index contributed by atoms with van der Waals surface area (Å²) in [5.41, 5.74) is 7.95. The van der Waals surface area contributed by atoms with Gasteiger partial charge in [0.25, 0.3) is 0 Å². The lowest BCUT2D eigenvalue weighted by Gasteiger charge is -2.04. The number of rotatable bonds is 1. The quantitative estimate of drug-likeness (QED) is 0.795. The van der Waals surface area contributed by atoms with Crippen molar-refractivity contribution in [2.45, 2.75) is 6.92 Å². The van der Waals surface area contributed by atoms with E-state index in [2.05, 4.69) is 4.98 Å². The first kappa shape index (κ1) is 9.69. The molecule has 4 heteroatoms. The van der Waals surface area contributed by atoms with Crippen molar-refractivity contribution in [3.8, 4) is 16.6 Å². The molecule has 0 aliphatic carbocycles. The molecule has 0 unspecified atom stereocenters. The van der Waals surface area contributed by atoms with Crippen LogP contribution in [0, 0.1) is 18.3 Å². The summed E-state index contributed by atoms with van der Waals surface area (Å²) in [7, 11) is 0. The van der Waals surface area contributed by atoms with Gasteiger partial charge in [-0.15, -0.1) is 11.3 Å². The third-order valence-corrected chi connectivity index (χ3v) is 2.99. The van der Waals surface area contributed by atoms with Gasteiger partial charge in [0.1, 0.15) is 11.9 Å². The molecule has 0 atom stereocenters. The zero-order chi connectivity index (χ0) is 10.8. The maximum absolute atomic E-state index is 8.80. The molecule has 2 N–H and O–H groups in total. The maximum atomic E-state index is 8.80. The summed E-state index contributed by atoms with van der Waals surface area (Å²) in [5.74, 6) is 0.298. The third kappa shape index (κ3) is 1.69.